The van der Waals surface area contributed by atoms with Crippen LogP contribution in [0.15, 0.2) is 47.6 Å². The van der Waals surface area contributed by atoms with E-state index in [2.05, 4.69) is 15.6 Å². The summed E-state index contributed by atoms with van der Waals surface area (Å²) >= 11 is 6.38. The molecule has 3 rings (SSSR count). The van der Waals surface area contributed by atoms with Crippen LogP contribution in [0, 0.1) is 12.7 Å². The van der Waals surface area contributed by atoms with Crippen LogP contribution in [-0.4, -0.2) is 36.1 Å². The Hall–Kier alpha value is -3.39. The molecule has 3 aromatic rings. The van der Waals surface area contributed by atoms with Crippen molar-refractivity contribution >= 4 is 23.7 Å². The van der Waals surface area contributed by atoms with Gasteiger partial charge in [-0.2, -0.15) is 10.2 Å². The summed E-state index contributed by atoms with van der Waals surface area (Å²) in [5.41, 5.74) is 4.52. The molecule has 0 spiro atoms. The number of halogens is 2. The monoisotopic (exact) mass is 416 g/mol. The largest absolute Gasteiger partial charge is 0.493 e. The van der Waals surface area contributed by atoms with E-state index >= 15 is 0 Å². The first kappa shape index (κ1) is 20.3. The highest BCUT2D eigenvalue weighted by atomic mass is 35.5. The lowest BCUT2D eigenvalue weighted by molar-refractivity contribution is 0.0954. The summed E-state index contributed by atoms with van der Waals surface area (Å²) in [5.74, 6) is 0.169. The standard InChI is InChI=1S/C20H18ClFN4O3/c1-12-16(19(21)26(25-12)15-7-5-14(22)6-8-15)11-23-24-20(27)13-4-9-17(28-2)18(10-13)29-3/h4-11H,1-3H3,(H,24,27)/b23-11+. The van der Waals surface area contributed by atoms with Crippen LogP contribution < -0.4 is 14.9 Å². The normalized spacial score (nSPS) is 10.9. The van der Waals surface area contributed by atoms with Gasteiger partial charge in [0.1, 0.15) is 11.0 Å². The summed E-state index contributed by atoms with van der Waals surface area (Å²) in [5, 5.41) is 8.59. The average Bonchev–Trinajstić information content (AvgIpc) is 3.01. The third-order valence-corrected chi connectivity index (χ3v) is 4.49. The van der Waals surface area contributed by atoms with E-state index in [9.17, 15) is 9.18 Å². The quantitative estimate of drug-likeness (QED) is 0.490. The minimum Gasteiger partial charge on any atom is -0.493 e. The van der Waals surface area contributed by atoms with Crippen LogP contribution in [0.25, 0.3) is 5.69 Å². The van der Waals surface area contributed by atoms with E-state index in [1.165, 1.54) is 37.2 Å². The summed E-state index contributed by atoms with van der Waals surface area (Å²) < 4.78 is 24.9. The molecule has 0 bridgehead atoms. The highest BCUT2D eigenvalue weighted by Gasteiger charge is 2.14. The molecular weight excluding hydrogens is 399 g/mol. The molecule has 0 aliphatic heterocycles. The van der Waals surface area contributed by atoms with E-state index in [4.69, 9.17) is 21.1 Å². The molecule has 1 aromatic heterocycles. The molecule has 1 N–H and O–H groups in total. The predicted octanol–water partition coefficient (Wildman–Crippen LogP) is 3.75. The van der Waals surface area contributed by atoms with Gasteiger partial charge in [0.2, 0.25) is 0 Å². The average molecular weight is 417 g/mol. The molecule has 0 aliphatic rings. The van der Waals surface area contributed by atoms with E-state index in [-0.39, 0.29) is 5.82 Å². The van der Waals surface area contributed by atoms with Gasteiger partial charge in [0.15, 0.2) is 11.5 Å². The van der Waals surface area contributed by atoms with E-state index in [0.717, 1.165) is 0 Å². The Kier molecular flexibility index (Phi) is 6.13. The van der Waals surface area contributed by atoms with Crippen molar-refractivity contribution in [3.05, 3.63) is 70.3 Å². The zero-order valence-corrected chi connectivity index (χ0v) is 16.7. The summed E-state index contributed by atoms with van der Waals surface area (Å²) in [7, 11) is 3.00. The lowest BCUT2D eigenvalue weighted by Gasteiger charge is -2.08. The van der Waals surface area contributed by atoms with Crippen molar-refractivity contribution in [1.82, 2.24) is 15.2 Å². The molecule has 0 aliphatic carbocycles. The molecule has 1 heterocycles. The van der Waals surface area contributed by atoms with Crippen molar-refractivity contribution < 1.29 is 18.7 Å². The molecule has 0 unspecified atom stereocenters. The third kappa shape index (κ3) is 4.38. The minimum absolute atomic E-state index is 0.290. The van der Waals surface area contributed by atoms with Gasteiger partial charge in [0.05, 0.1) is 37.4 Å². The number of hydrazone groups is 1. The van der Waals surface area contributed by atoms with Crippen LogP contribution in [0.2, 0.25) is 5.15 Å². The Morgan fingerprint density at radius 1 is 1.17 bits per heavy atom. The Labute approximate surface area is 171 Å². The molecule has 1 amide bonds. The molecule has 9 heteroatoms. The number of benzene rings is 2. The van der Waals surface area contributed by atoms with Crippen molar-refractivity contribution in [1.29, 1.82) is 0 Å². The second-order valence-electron chi connectivity index (χ2n) is 5.95. The second kappa shape index (κ2) is 8.74. The SMILES string of the molecule is COc1ccc(C(=O)N/N=C/c2c(C)nn(-c3ccc(F)cc3)c2Cl)cc1OC. The van der Waals surface area contributed by atoms with Gasteiger partial charge >= 0.3 is 0 Å². The smallest absolute Gasteiger partial charge is 0.271 e. The van der Waals surface area contributed by atoms with Gasteiger partial charge < -0.3 is 9.47 Å². The summed E-state index contributed by atoms with van der Waals surface area (Å²) in [6, 6.07) is 10.5. The summed E-state index contributed by atoms with van der Waals surface area (Å²) in [6.45, 7) is 1.75. The molecule has 150 valence electrons. The number of methoxy groups -OCH3 is 2. The van der Waals surface area contributed by atoms with Crippen molar-refractivity contribution in [2.45, 2.75) is 6.92 Å². The van der Waals surface area contributed by atoms with Gasteiger partial charge in [-0.15, -0.1) is 0 Å². The number of carbonyl (C=O) groups excluding carboxylic acids is 1. The fourth-order valence-corrected chi connectivity index (χ4v) is 2.93. The van der Waals surface area contributed by atoms with Crippen LogP contribution in [0.1, 0.15) is 21.6 Å². The van der Waals surface area contributed by atoms with Crippen LogP contribution in [0.5, 0.6) is 11.5 Å². The lowest BCUT2D eigenvalue weighted by atomic mass is 10.2. The van der Waals surface area contributed by atoms with Crippen molar-refractivity contribution in [2.24, 2.45) is 5.10 Å². The van der Waals surface area contributed by atoms with E-state index in [1.807, 2.05) is 0 Å². The Morgan fingerprint density at radius 2 is 1.86 bits per heavy atom. The Balaban J connectivity index is 1.77. The number of ether oxygens (including phenoxy) is 2. The van der Waals surface area contributed by atoms with Crippen LogP contribution in [-0.2, 0) is 0 Å². The molecule has 0 atom stereocenters. The van der Waals surface area contributed by atoms with E-state index < -0.39 is 5.91 Å². The molecular formula is C20H18ClFN4O3. The molecule has 7 nitrogen and oxygen atoms in total. The fraction of sp³-hybridized carbons (Fsp3) is 0.150. The van der Waals surface area contributed by atoms with Crippen molar-refractivity contribution in [3.8, 4) is 17.2 Å². The second-order valence-corrected chi connectivity index (χ2v) is 6.31. The maximum atomic E-state index is 13.1. The number of aryl methyl sites for hydroxylation is 1. The van der Waals surface area contributed by atoms with Crippen molar-refractivity contribution in [3.63, 3.8) is 0 Å². The van der Waals surface area contributed by atoms with Crippen LogP contribution in [0.3, 0.4) is 0 Å². The molecule has 0 fully saturated rings. The topological polar surface area (TPSA) is 77.7 Å². The highest BCUT2D eigenvalue weighted by Crippen LogP contribution is 2.27. The zero-order chi connectivity index (χ0) is 21.0. The van der Waals surface area contributed by atoms with E-state index in [1.54, 1.807) is 37.3 Å². The van der Waals surface area contributed by atoms with Crippen molar-refractivity contribution in [2.75, 3.05) is 14.2 Å². The zero-order valence-electron chi connectivity index (χ0n) is 15.9. The van der Waals surface area contributed by atoms with Crippen LogP contribution in [0.4, 0.5) is 4.39 Å². The van der Waals surface area contributed by atoms with Gasteiger partial charge in [0, 0.05) is 5.56 Å². The van der Waals surface area contributed by atoms with Gasteiger partial charge in [0.25, 0.3) is 5.91 Å². The van der Waals surface area contributed by atoms with Gasteiger partial charge in [-0.3, -0.25) is 4.79 Å². The fourth-order valence-electron chi connectivity index (χ4n) is 2.61. The number of carbonyl (C=O) groups is 1. The molecule has 2 aromatic carbocycles. The summed E-state index contributed by atoms with van der Waals surface area (Å²) in [6.07, 6.45) is 1.41. The maximum absolute atomic E-state index is 13.1. The van der Waals surface area contributed by atoms with Crippen LogP contribution >= 0.6 is 11.6 Å². The number of nitrogens with zero attached hydrogens (tertiary/aromatic N) is 3. The van der Waals surface area contributed by atoms with Gasteiger partial charge in [-0.25, -0.2) is 14.5 Å². The number of hydrogen-bond donors (Lipinski definition) is 1. The Bertz CT molecular complexity index is 1060. The number of amides is 1. The Morgan fingerprint density at radius 3 is 2.52 bits per heavy atom. The molecule has 0 saturated heterocycles. The number of nitrogens with one attached hydrogen (secondary N) is 1. The molecule has 0 radical (unpaired) electrons. The van der Waals surface area contributed by atoms with E-state index in [0.29, 0.717) is 39.2 Å². The highest BCUT2D eigenvalue weighted by molar-refractivity contribution is 6.32. The molecule has 29 heavy (non-hydrogen) atoms. The minimum atomic E-state index is -0.429. The number of hydrogen-bond acceptors (Lipinski definition) is 5. The summed E-state index contributed by atoms with van der Waals surface area (Å²) in [4.78, 5) is 12.3. The predicted molar refractivity (Wildman–Crippen MR) is 108 cm³/mol. The van der Waals surface area contributed by atoms with Gasteiger partial charge in [-0.1, -0.05) is 11.6 Å². The first-order valence-electron chi connectivity index (χ1n) is 8.51. The maximum Gasteiger partial charge on any atom is 0.271 e. The first-order valence-corrected chi connectivity index (χ1v) is 8.89. The van der Waals surface area contributed by atoms with Gasteiger partial charge in [-0.05, 0) is 49.4 Å². The number of aromatic nitrogens is 2. The third-order valence-electron chi connectivity index (χ3n) is 4.12. The first-order chi connectivity index (χ1) is 13.9. The number of rotatable bonds is 6. The lowest BCUT2D eigenvalue weighted by Crippen LogP contribution is -2.17. The molecule has 0 saturated carbocycles.